The largest absolute Gasteiger partial charge is 0.456 e. The smallest absolute Gasteiger partial charge is 0.137 e. The monoisotopic (exact) mass is 795 g/mol. The molecule has 1 aliphatic carbocycles. The topological polar surface area (TPSA) is 16.4 Å². The minimum atomic E-state index is -0.501. The first kappa shape index (κ1) is 35.9. The van der Waals surface area contributed by atoms with E-state index in [2.05, 4.69) is 199 Å². The number of benzene rings is 10. The van der Waals surface area contributed by atoms with Gasteiger partial charge in [-0.15, -0.1) is 0 Å². The molecular weight excluding hydrogens is 758 g/mol. The first-order valence-electron chi connectivity index (χ1n) is 21.1. The summed E-state index contributed by atoms with van der Waals surface area (Å²) >= 11 is 0. The summed E-state index contributed by atoms with van der Waals surface area (Å²) in [6, 6.07) is 80.8. The fourth-order valence-electron chi connectivity index (χ4n) is 10.2. The Morgan fingerprint density at radius 3 is 1.69 bits per heavy atom. The van der Waals surface area contributed by atoms with Gasteiger partial charge < -0.3 is 9.32 Å². The molecule has 10 aromatic carbocycles. The lowest BCUT2D eigenvalue weighted by molar-refractivity contribution is 0.628. The second-order valence-corrected chi connectivity index (χ2v) is 16.1. The van der Waals surface area contributed by atoms with Crippen LogP contribution in [0, 0.1) is 5.82 Å². The van der Waals surface area contributed by atoms with Crippen molar-refractivity contribution in [3.05, 3.63) is 259 Å². The van der Waals surface area contributed by atoms with Gasteiger partial charge in [-0.2, -0.15) is 0 Å². The zero-order chi connectivity index (χ0) is 41.2. The molecule has 1 heterocycles. The molecule has 2 nitrogen and oxygen atoms in total. The summed E-state index contributed by atoms with van der Waals surface area (Å²) in [4.78, 5) is 2.35. The van der Waals surface area contributed by atoms with Crippen LogP contribution in [0.2, 0.25) is 0 Å². The number of rotatable bonds is 7. The van der Waals surface area contributed by atoms with Crippen molar-refractivity contribution in [3.63, 3.8) is 0 Å². The summed E-state index contributed by atoms with van der Waals surface area (Å²) in [6.07, 6.45) is 0. The highest BCUT2D eigenvalue weighted by atomic mass is 19.1. The Morgan fingerprint density at radius 2 is 0.935 bits per heavy atom. The summed E-state index contributed by atoms with van der Waals surface area (Å²) in [6.45, 7) is 0. The summed E-state index contributed by atoms with van der Waals surface area (Å²) in [7, 11) is 0. The Labute approximate surface area is 359 Å². The highest BCUT2D eigenvalue weighted by Crippen LogP contribution is 2.57. The van der Waals surface area contributed by atoms with Gasteiger partial charge in [0.2, 0.25) is 0 Å². The lowest BCUT2D eigenvalue weighted by Crippen LogP contribution is -2.28. The van der Waals surface area contributed by atoms with E-state index in [1.165, 1.54) is 39.4 Å². The number of anilines is 3. The van der Waals surface area contributed by atoms with Crippen LogP contribution in [0.5, 0.6) is 0 Å². The van der Waals surface area contributed by atoms with Crippen LogP contribution in [0.4, 0.5) is 21.5 Å². The fraction of sp³-hybridized carbons (Fsp3) is 0.0169. The van der Waals surface area contributed by atoms with Crippen molar-refractivity contribution in [1.82, 2.24) is 0 Å². The van der Waals surface area contributed by atoms with Crippen LogP contribution in [0.1, 0.15) is 22.3 Å². The third-order valence-corrected chi connectivity index (χ3v) is 12.8. The predicted molar refractivity (Wildman–Crippen MR) is 254 cm³/mol. The molecule has 0 amide bonds. The number of fused-ring (bicyclic) bond motifs is 7. The molecule has 0 N–H and O–H groups in total. The molecule has 12 rings (SSSR count). The molecule has 292 valence electrons. The van der Waals surface area contributed by atoms with Crippen molar-refractivity contribution in [2.45, 2.75) is 5.41 Å². The second-order valence-electron chi connectivity index (χ2n) is 16.1. The minimum Gasteiger partial charge on any atom is -0.456 e. The molecular formula is C59H38FNO. The van der Waals surface area contributed by atoms with Crippen LogP contribution in [0.25, 0.3) is 66.1 Å². The van der Waals surface area contributed by atoms with Crippen LogP contribution in [0.15, 0.2) is 235 Å². The number of hydrogen-bond donors (Lipinski definition) is 0. The summed E-state index contributed by atoms with van der Waals surface area (Å²) in [5.74, 6) is -0.252. The molecule has 0 saturated carbocycles. The van der Waals surface area contributed by atoms with E-state index in [1.54, 1.807) is 12.1 Å². The minimum absolute atomic E-state index is 0.252. The zero-order valence-electron chi connectivity index (χ0n) is 33.7. The van der Waals surface area contributed by atoms with Crippen molar-refractivity contribution in [2.24, 2.45) is 0 Å². The molecule has 0 saturated heterocycles. The average Bonchev–Trinajstić information content (AvgIpc) is 3.85. The van der Waals surface area contributed by atoms with E-state index >= 15 is 0 Å². The zero-order valence-corrected chi connectivity index (χ0v) is 33.7. The molecule has 0 atom stereocenters. The van der Waals surface area contributed by atoms with E-state index < -0.39 is 5.41 Å². The Morgan fingerprint density at radius 1 is 0.371 bits per heavy atom. The molecule has 11 aromatic rings. The number of para-hydroxylation sites is 1. The van der Waals surface area contributed by atoms with Gasteiger partial charge in [0.25, 0.3) is 0 Å². The normalized spacial score (nSPS) is 12.7. The maximum absolute atomic E-state index is 14.7. The van der Waals surface area contributed by atoms with E-state index in [-0.39, 0.29) is 5.82 Å². The van der Waals surface area contributed by atoms with Crippen molar-refractivity contribution in [1.29, 1.82) is 0 Å². The Hall–Kier alpha value is -8.01. The fourth-order valence-corrected chi connectivity index (χ4v) is 10.2. The van der Waals surface area contributed by atoms with Gasteiger partial charge in [0.05, 0.1) is 5.41 Å². The molecule has 0 unspecified atom stereocenters. The van der Waals surface area contributed by atoms with Gasteiger partial charge in [-0.25, -0.2) is 4.39 Å². The summed E-state index contributed by atoms with van der Waals surface area (Å²) < 4.78 is 21.2. The predicted octanol–water partition coefficient (Wildman–Crippen LogP) is 16.0. The van der Waals surface area contributed by atoms with E-state index in [0.29, 0.717) is 0 Å². The molecule has 0 bridgehead atoms. The van der Waals surface area contributed by atoms with E-state index in [0.717, 1.165) is 72.0 Å². The highest BCUT2D eigenvalue weighted by Gasteiger charge is 2.46. The third-order valence-electron chi connectivity index (χ3n) is 12.8. The van der Waals surface area contributed by atoms with Crippen molar-refractivity contribution in [3.8, 4) is 33.4 Å². The standard InChI is InChI=1S/C59H38FNO/c60-44-23-11-17-40(35-44)48-27-13-15-39-16-14-28-49(58(39)48)41-18-12-24-45(36-41)61(47-31-33-52-51-26-8-10-30-56(51)62-57(52)38-47)46-32-34-55-53(37-46)50-25-7-9-29-54(50)59(55,42-19-3-1-4-20-42)43-21-5-2-6-22-43/h1-38H. The van der Waals surface area contributed by atoms with Crippen LogP contribution in [-0.2, 0) is 5.41 Å². The van der Waals surface area contributed by atoms with Gasteiger partial charge in [-0.05, 0) is 121 Å². The second kappa shape index (κ2) is 14.3. The molecule has 1 aliphatic rings. The molecule has 1 aromatic heterocycles. The van der Waals surface area contributed by atoms with Gasteiger partial charge in [-0.3, -0.25) is 0 Å². The first-order chi connectivity index (χ1) is 30.6. The van der Waals surface area contributed by atoms with Gasteiger partial charge in [0, 0.05) is 33.9 Å². The molecule has 0 fully saturated rings. The Balaban J connectivity index is 1.09. The van der Waals surface area contributed by atoms with Crippen molar-refractivity contribution < 1.29 is 8.81 Å². The number of nitrogens with zero attached hydrogens (tertiary/aromatic N) is 1. The first-order valence-corrected chi connectivity index (χ1v) is 21.1. The maximum Gasteiger partial charge on any atom is 0.137 e. The third kappa shape index (κ3) is 5.56. The number of halogens is 1. The number of furan rings is 1. The molecule has 0 aliphatic heterocycles. The van der Waals surface area contributed by atoms with E-state index in [4.69, 9.17) is 4.42 Å². The van der Waals surface area contributed by atoms with Gasteiger partial charge in [0.15, 0.2) is 0 Å². The molecule has 0 radical (unpaired) electrons. The van der Waals surface area contributed by atoms with Gasteiger partial charge in [-0.1, -0.05) is 170 Å². The van der Waals surface area contributed by atoms with E-state index in [1.807, 2.05) is 18.2 Å². The van der Waals surface area contributed by atoms with Crippen LogP contribution in [-0.4, -0.2) is 0 Å². The van der Waals surface area contributed by atoms with E-state index in [9.17, 15) is 4.39 Å². The maximum atomic E-state index is 14.7. The molecule has 62 heavy (non-hydrogen) atoms. The highest BCUT2D eigenvalue weighted by molar-refractivity contribution is 6.08. The van der Waals surface area contributed by atoms with Crippen LogP contribution < -0.4 is 4.90 Å². The van der Waals surface area contributed by atoms with Crippen LogP contribution in [0.3, 0.4) is 0 Å². The summed E-state index contributed by atoms with van der Waals surface area (Å²) in [5.41, 5.74) is 15.6. The van der Waals surface area contributed by atoms with Crippen molar-refractivity contribution in [2.75, 3.05) is 4.90 Å². The van der Waals surface area contributed by atoms with Gasteiger partial charge >= 0.3 is 0 Å². The lowest BCUT2D eigenvalue weighted by Gasteiger charge is -2.34. The summed E-state index contributed by atoms with van der Waals surface area (Å²) in [5, 5.41) is 4.36. The van der Waals surface area contributed by atoms with Crippen LogP contribution >= 0.6 is 0 Å². The Bertz CT molecular complexity index is 3450. The SMILES string of the molecule is Fc1cccc(-c2cccc3cccc(-c4cccc(N(c5ccc6c(c5)-c5ccccc5C6(c5ccccc5)c5ccccc5)c5ccc6c(c5)oc5ccccc56)c4)c23)c1. The lowest BCUT2D eigenvalue weighted by atomic mass is 9.68. The Kier molecular flexibility index (Phi) is 8.29. The molecule has 0 spiro atoms. The average molecular weight is 796 g/mol. The number of hydrogen-bond acceptors (Lipinski definition) is 2. The van der Waals surface area contributed by atoms with Gasteiger partial charge in [0.1, 0.15) is 17.0 Å². The van der Waals surface area contributed by atoms with Crippen molar-refractivity contribution >= 4 is 49.8 Å². The molecule has 3 heteroatoms. The quantitative estimate of drug-likeness (QED) is 0.160.